The molecule has 4 aromatic rings. The lowest BCUT2D eigenvalue weighted by Crippen LogP contribution is -2.16. The van der Waals surface area contributed by atoms with Crippen LogP contribution in [0.25, 0.3) is 33.3 Å². The smallest absolute Gasteiger partial charge is 0.229 e. The van der Waals surface area contributed by atoms with E-state index in [0.717, 1.165) is 34.0 Å². The highest BCUT2D eigenvalue weighted by Crippen LogP contribution is 2.38. The number of aromatic nitrogens is 5. The zero-order valence-corrected chi connectivity index (χ0v) is 16.8. The van der Waals surface area contributed by atoms with E-state index in [1.807, 2.05) is 30.5 Å². The third-order valence-corrected chi connectivity index (χ3v) is 5.40. The Morgan fingerprint density at radius 3 is 2.97 bits per heavy atom. The Kier molecular flexibility index (Phi) is 4.62. The van der Waals surface area contributed by atoms with E-state index in [-0.39, 0.29) is 17.7 Å². The molecule has 9 heteroatoms. The van der Waals surface area contributed by atoms with Gasteiger partial charge in [0.15, 0.2) is 0 Å². The van der Waals surface area contributed by atoms with Crippen LogP contribution in [-0.2, 0) is 4.79 Å². The van der Waals surface area contributed by atoms with E-state index < -0.39 is 0 Å². The van der Waals surface area contributed by atoms with Gasteiger partial charge in [0.25, 0.3) is 0 Å². The standard InChI is InChI=1S/C22H20N8O/c1-24-9-13-6-15(13)22(31)29-20-8-12-7-19(28-21(23)16(12)11-26-20)17-10-25-4-2-14(17)18-3-5-27-30-18/h2-5,7-11,13,15H,6H2,1H3,(H2,23,28)(H,27,30)(H,26,29,31)/t13-,15+/m0/s1. The first kappa shape index (κ1) is 18.9. The highest BCUT2D eigenvalue weighted by molar-refractivity contribution is 6.00. The van der Waals surface area contributed by atoms with Crippen molar-refractivity contribution in [3.8, 4) is 22.5 Å². The number of rotatable bonds is 5. The number of nitrogens with zero attached hydrogens (tertiary/aromatic N) is 5. The van der Waals surface area contributed by atoms with Gasteiger partial charge in [-0.25, -0.2) is 9.97 Å². The predicted octanol–water partition coefficient (Wildman–Crippen LogP) is 2.94. The van der Waals surface area contributed by atoms with Crippen molar-refractivity contribution in [3.63, 3.8) is 0 Å². The lowest BCUT2D eigenvalue weighted by molar-refractivity contribution is -0.117. The molecule has 1 aliphatic rings. The summed E-state index contributed by atoms with van der Waals surface area (Å²) < 4.78 is 0. The minimum absolute atomic E-state index is 0.0483. The minimum Gasteiger partial charge on any atom is -0.383 e. The molecule has 0 aromatic carbocycles. The number of H-pyrrole nitrogens is 1. The first-order valence-corrected chi connectivity index (χ1v) is 9.87. The maximum atomic E-state index is 12.5. The van der Waals surface area contributed by atoms with E-state index in [1.165, 1.54) is 0 Å². The Bertz CT molecular complexity index is 1300. The number of carbonyl (C=O) groups excluding carboxylic acids is 1. The molecule has 0 unspecified atom stereocenters. The number of nitrogens with two attached hydrogens (primary N) is 1. The van der Waals surface area contributed by atoms with Crippen LogP contribution in [0, 0.1) is 11.8 Å². The van der Waals surface area contributed by atoms with Crippen molar-refractivity contribution in [2.24, 2.45) is 16.8 Å². The maximum absolute atomic E-state index is 12.5. The Labute approximate surface area is 177 Å². The fourth-order valence-electron chi connectivity index (χ4n) is 3.71. The van der Waals surface area contributed by atoms with Crippen LogP contribution in [0.4, 0.5) is 11.6 Å². The van der Waals surface area contributed by atoms with Crippen molar-refractivity contribution < 1.29 is 4.79 Å². The van der Waals surface area contributed by atoms with E-state index in [0.29, 0.717) is 17.3 Å². The van der Waals surface area contributed by atoms with Crippen molar-refractivity contribution in [3.05, 3.63) is 49.1 Å². The Morgan fingerprint density at radius 2 is 2.16 bits per heavy atom. The summed E-state index contributed by atoms with van der Waals surface area (Å²) in [5.41, 5.74) is 9.50. The van der Waals surface area contributed by atoms with Crippen LogP contribution >= 0.6 is 0 Å². The molecule has 4 heterocycles. The molecule has 1 aliphatic carbocycles. The number of hydrogen-bond donors (Lipinski definition) is 3. The number of pyridine rings is 3. The second-order valence-electron chi connectivity index (χ2n) is 7.48. The molecule has 0 bridgehead atoms. The van der Waals surface area contributed by atoms with E-state index >= 15 is 0 Å². The average Bonchev–Trinajstić information content (AvgIpc) is 3.33. The van der Waals surface area contributed by atoms with Crippen LogP contribution in [0.3, 0.4) is 0 Å². The molecular formula is C22H20N8O. The van der Waals surface area contributed by atoms with E-state index in [1.54, 1.807) is 31.8 Å². The number of aliphatic imine (C=N–C) groups is 1. The zero-order chi connectivity index (χ0) is 21.4. The minimum atomic E-state index is -0.0494. The SMILES string of the molecule is CN=C[C@@H]1C[C@H]1C(=O)Nc1cc2cc(-c3cnccc3-c3ccn[nH]3)nc(N)c2cn1. The van der Waals surface area contributed by atoms with Gasteiger partial charge in [-0.05, 0) is 36.1 Å². The van der Waals surface area contributed by atoms with Crippen LogP contribution in [-0.4, -0.2) is 44.3 Å². The summed E-state index contributed by atoms with van der Waals surface area (Å²) in [5.74, 6) is 0.953. The van der Waals surface area contributed by atoms with Gasteiger partial charge in [0.05, 0.1) is 11.4 Å². The van der Waals surface area contributed by atoms with Gasteiger partial charge >= 0.3 is 0 Å². The van der Waals surface area contributed by atoms with E-state index in [4.69, 9.17) is 5.73 Å². The normalized spacial score (nSPS) is 17.8. The summed E-state index contributed by atoms with van der Waals surface area (Å²) in [6.45, 7) is 0. The predicted molar refractivity (Wildman–Crippen MR) is 119 cm³/mol. The molecule has 154 valence electrons. The third kappa shape index (κ3) is 3.61. The summed E-state index contributed by atoms with van der Waals surface area (Å²) in [5, 5.41) is 11.4. The lowest BCUT2D eigenvalue weighted by Gasteiger charge is -2.11. The topological polar surface area (TPSA) is 135 Å². The van der Waals surface area contributed by atoms with Gasteiger partial charge in [0.1, 0.15) is 11.6 Å². The molecule has 0 radical (unpaired) electrons. The molecular weight excluding hydrogens is 392 g/mol. The molecule has 0 saturated heterocycles. The van der Waals surface area contributed by atoms with E-state index in [2.05, 4.69) is 35.5 Å². The fraction of sp³-hybridized carbons (Fsp3) is 0.182. The maximum Gasteiger partial charge on any atom is 0.229 e. The molecule has 1 fully saturated rings. The van der Waals surface area contributed by atoms with Crippen molar-refractivity contribution in [2.45, 2.75) is 6.42 Å². The summed E-state index contributed by atoms with van der Waals surface area (Å²) >= 11 is 0. The number of nitrogen functional groups attached to an aromatic ring is 1. The largest absolute Gasteiger partial charge is 0.383 e. The number of nitrogens with one attached hydrogen (secondary N) is 2. The number of anilines is 2. The summed E-state index contributed by atoms with van der Waals surface area (Å²) in [6.07, 6.45) is 9.43. The highest BCUT2D eigenvalue weighted by atomic mass is 16.2. The number of fused-ring (bicyclic) bond motifs is 1. The summed E-state index contributed by atoms with van der Waals surface area (Å²) in [4.78, 5) is 29.6. The molecule has 0 spiro atoms. The summed E-state index contributed by atoms with van der Waals surface area (Å²) in [7, 11) is 1.72. The van der Waals surface area contributed by atoms with Crippen molar-refractivity contribution >= 4 is 34.5 Å². The molecule has 2 atom stereocenters. The van der Waals surface area contributed by atoms with Crippen LogP contribution in [0.2, 0.25) is 0 Å². The quantitative estimate of drug-likeness (QED) is 0.431. The second kappa shape index (κ2) is 7.60. The first-order chi connectivity index (χ1) is 15.1. The average molecular weight is 412 g/mol. The van der Waals surface area contributed by atoms with Crippen LogP contribution in [0.15, 0.2) is 54.0 Å². The summed E-state index contributed by atoms with van der Waals surface area (Å²) in [6, 6.07) is 7.51. The molecule has 1 saturated carbocycles. The fourth-order valence-corrected chi connectivity index (χ4v) is 3.71. The van der Waals surface area contributed by atoms with Crippen molar-refractivity contribution in [1.29, 1.82) is 0 Å². The third-order valence-electron chi connectivity index (χ3n) is 5.40. The Morgan fingerprint density at radius 1 is 1.26 bits per heavy atom. The second-order valence-corrected chi connectivity index (χ2v) is 7.48. The molecule has 1 amide bonds. The first-order valence-electron chi connectivity index (χ1n) is 9.87. The number of amides is 1. The molecule has 4 aromatic heterocycles. The molecule has 4 N–H and O–H groups in total. The zero-order valence-electron chi connectivity index (χ0n) is 16.8. The van der Waals surface area contributed by atoms with E-state index in [9.17, 15) is 4.79 Å². The van der Waals surface area contributed by atoms with Crippen LogP contribution < -0.4 is 11.1 Å². The lowest BCUT2D eigenvalue weighted by atomic mass is 10.0. The van der Waals surface area contributed by atoms with Gasteiger partial charge in [-0.2, -0.15) is 5.10 Å². The van der Waals surface area contributed by atoms with Gasteiger partial charge in [-0.1, -0.05) is 0 Å². The molecule has 31 heavy (non-hydrogen) atoms. The van der Waals surface area contributed by atoms with Gasteiger partial charge < -0.3 is 16.0 Å². The molecule has 5 rings (SSSR count). The highest BCUT2D eigenvalue weighted by Gasteiger charge is 2.41. The van der Waals surface area contributed by atoms with Crippen LogP contribution in [0.1, 0.15) is 6.42 Å². The van der Waals surface area contributed by atoms with Crippen molar-refractivity contribution in [2.75, 3.05) is 18.1 Å². The number of carbonyl (C=O) groups is 1. The Hall–Kier alpha value is -4.14. The monoisotopic (exact) mass is 412 g/mol. The molecule has 0 aliphatic heterocycles. The number of aromatic amines is 1. The Balaban J connectivity index is 1.50. The van der Waals surface area contributed by atoms with Crippen LogP contribution in [0.5, 0.6) is 0 Å². The van der Waals surface area contributed by atoms with Gasteiger partial charge in [0, 0.05) is 66.4 Å². The van der Waals surface area contributed by atoms with Gasteiger partial charge in [-0.3, -0.25) is 14.9 Å². The van der Waals surface area contributed by atoms with Crippen molar-refractivity contribution in [1.82, 2.24) is 25.1 Å². The molecule has 9 nitrogen and oxygen atoms in total. The number of hydrogen-bond acceptors (Lipinski definition) is 7. The van der Waals surface area contributed by atoms with Gasteiger partial charge in [-0.15, -0.1) is 0 Å². The van der Waals surface area contributed by atoms with Gasteiger partial charge in [0.2, 0.25) is 5.91 Å².